The third kappa shape index (κ3) is 49.8. The van der Waals surface area contributed by atoms with E-state index in [1.165, 1.54) is 218 Å². The molecule has 0 radical (unpaired) electrons. The average Bonchev–Trinajstić information content (AvgIpc) is 3.21. The number of nitrogens with zero attached hydrogens (tertiary/aromatic N) is 1. The molecule has 1 unspecified atom stereocenters. The molecular formula is C52H104NO6P. The second-order valence-corrected chi connectivity index (χ2v) is 20.4. The molecule has 0 N–H and O–H groups in total. The van der Waals surface area contributed by atoms with Crippen molar-refractivity contribution in [3.8, 4) is 0 Å². The summed E-state index contributed by atoms with van der Waals surface area (Å²) in [7, 11) is 1.54. The number of quaternary nitrogens is 1. The van der Waals surface area contributed by atoms with Crippen molar-refractivity contribution in [3.05, 3.63) is 24.7 Å². The molecule has 0 aliphatic carbocycles. The second kappa shape index (κ2) is 46.2. The van der Waals surface area contributed by atoms with Crippen molar-refractivity contribution < 1.29 is 32.5 Å². The SMILES string of the molecule is CCCCCCCCCCCCCCCCCCCCC=COC[C@H](COP(=O)([O-])OCC[N+](C)(C)C)OC=CCCCCCCCCCCCCCCCCCCCC. The van der Waals surface area contributed by atoms with Gasteiger partial charge in [-0.3, -0.25) is 4.57 Å². The van der Waals surface area contributed by atoms with Crippen molar-refractivity contribution >= 4 is 7.82 Å². The first-order valence-electron chi connectivity index (χ1n) is 26.2. The van der Waals surface area contributed by atoms with Crippen molar-refractivity contribution in [2.24, 2.45) is 0 Å². The van der Waals surface area contributed by atoms with E-state index in [0.717, 1.165) is 25.7 Å². The zero-order valence-corrected chi connectivity index (χ0v) is 41.8. The van der Waals surface area contributed by atoms with Gasteiger partial charge in [0, 0.05) is 0 Å². The predicted octanol–water partition coefficient (Wildman–Crippen LogP) is 16.5. The average molecular weight is 870 g/mol. The molecule has 0 aromatic carbocycles. The number of phosphoric acid groups is 1. The topological polar surface area (TPSA) is 77.1 Å². The summed E-state index contributed by atoms with van der Waals surface area (Å²) in [5.74, 6) is 0. The molecule has 0 amide bonds. The van der Waals surface area contributed by atoms with Crippen LogP contribution in [0.1, 0.15) is 258 Å². The number of phosphoric ester groups is 1. The smallest absolute Gasteiger partial charge is 0.268 e. The molecule has 8 heteroatoms. The van der Waals surface area contributed by atoms with E-state index in [-0.39, 0.29) is 19.8 Å². The highest BCUT2D eigenvalue weighted by Crippen LogP contribution is 2.38. The molecule has 0 aromatic rings. The number of rotatable bonds is 50. The molecule has 0 saturated carbocycles. The Morgan fingerprint density at radius 1 is 0.450 bits per heavy atom. The number of unbranched alkanes of at least 4 members (excludes halogenated alkanes) is 36. The van der Waals surface area contributed by atoms with E-state index >= 15 is 0 Å². The van der Waals surface area contributed by atoms with E-state index in [2.05, 4.69) is 19.9 Å². The summed E-state index contributed by atoms with van der Waals surface area (Å²) < 4.78 is 35.0. The van der Waals surface area contributed by atoms with E-state index in [1.54, 1.807) is 12.5 Å². The highest BCUT2D eigenvalue weighted by Gasteiger charge is 2.17. The molecule has 60 heavy (non-hydrogen) atoms. The van der Waals surface area contributed by atoms with Crippen LogP contribution in [0.25, 0.3) is 0 Å². The van der Waals surface area contributed by atoms with Gasteiger partial charge in [-0.25, -0.2) is 0 Å². The zero-order valence-electron chi connectivity index (χ0n) is 40.9. The van der Waals surface area contributed by atoms with Crippen molar-refractivity contribution in [2.75, 3.05) is 47.5 Å². The van der Waals surface area contributed by atoms with Crippen LogP contribution in [0.2, 0.25) is 0 Å². The zero-order chi connectivity index (χ0) is 43.9. The van der Waals surface area contributed by atoms with Gasteiger partial charge in [0.05, 0.1) is 40.3 Å². The highest BCUT2D eigenvalue weighted by molar-refractivity contribution is 7.45. The third-order valence-electron chi connectivity index (χ3n) is 11.7. The fourth-order valence-corrected chi connectivity index (χ4v) is 8.35. The summed E-state index contributed by atoms with van der Waals surface area (Å²) in [5, 5.41) is 0. The van der Waals surface area contributed by atoms with Gasteiger partial charge in [0.25, 0.3) is 7.82 Å². The third-order valence-corrected chi connectivity index (χ3v) is 12.7. The van der Waals surface area contributed by atoms with Crippen LogP contribution < -0.4 is 4.89 Å². The lowest BCUT2D eigenvalue weighted by Gasteiger charge is -2.28. The number of hydrogen-bond donors (Lipinski definition) is 0. The van der Waals surface area contributed by atoms with Crippen molar-refractivity contribution in [1.82, 2.24) is 0 Å². The van der Waals surface area contributed by atoms with Gasteiger partial charge in [0.1, 0.15) is 19.8 Å². The van der Waals surface area contributed by atoms with Gasteiger partial charge in [-0.15, -0.1) is 0 Å². The summed E-state index contributed by atoms with van der Waals surface area (Å²) in [4.78, 5) is 12.4. The molecule has 358 valence electrons. The van der Waals surface area contributed by atoms with E-state index in [9.17, 15) is 9.46 Å². The van der Waals surface area contributed by atoms with Gasteiger partial charge < -0.3 is 27.9 Å². The van der Waals surface area contributed by atoms with E-state index in [0.29, 0.717) is 11.0 Å². The Balaban J connectivity index is 4.07. The fourth-order valence-electron chi connectivity index (χ4n) is 7.63. The molecule has 0 heterocycles. The van der Waals surface area contributed by atoms with E-state index in [4.69, 9.17) is 18.5 Å². The molecule has 0 aliphatic rings. The first-order chi connectivity index (χ1) is 29.2. The summed E-state index contributed by atoms with van der Waals surface area (Å²) in [5.41, 5.74) is 0. The van der Waals surface area contributed by atoms with Crippen LogP contribution in [0.3, 0.4) is 0 Å². The normalized spacial score (nSPS) is 13.8. The Labute approximate surface area is 375 Å². The maximum absolute atomic E-state index is 12.4. The van der Waals surface area contributed by atoms with E-state index in [1.807, 2.05) is 27.2 Å². The number of hydrogen-bond acceptors (Lipinski definition) is 6. The van der Waals surface area contributed by atoms with Gasteiger partial charge in [0.15, 0.2) is 6.10 Å². The predicted molar refractivity (Wildman–Crippen MR) is 258 cm³/mol. The lowest BCUT2D eigenvalue weighted by Crippen LogP contribution is -2.37. The minimum absolute atomic E-state index is 0.0772. The lowest BCUT2D eigenvalue weighted by atomic mass is 10.0. The number of likely N-dealkylation sites (N-methyl/N-ethyl adjacent to an activating group) is 1. The summed E-state index contributed by atoms with van der Waals surface area (Å²) in [6, 6.07) is 0. The monoisotopic (exact) mass is 870 g/mol. The maximum Gasteiger partial charge on any atom is 0.268 e. The van der Waals surface area contributed by atoms with Gasteiger partial charge in [0.2, 0.25) is 0 Å². The van der Waals surface area contributed by atoms with Gasteiger partial charge in [-0.05, 0) is 37.8 Å². The molecule has 0 aliphatic heterocycles. The largest absolute Gasteiger partial charge is 0.756 e. The number of ether oxygens (including phenoxy) is 2. The molecular weight excluding hydrogens is 766 g/mol. The van der Waals surface area contributed by atoms with E-state index < -0.39 is 13.9 Å². The Bertz CT molecular complexity index is 953. The summed E-state index contributed by atoms with van der Waals surface area (Å²) >= 11 is 0. The van der Waals surface area contributed by atoms with Gasteiger partial charge in [-0.2, -0.15) is 0 Å². The highest BCUT2D eigenvalue weighted by atomic mass is 31.2. The molecule has 7 nitrogen and oxygen atoms in total. The quantitative estimate of drug-likeness (QED) is 0.0262. The molecule has 0 rings (SSSR count). The molecule has 0 bridgehead atoms. The lowest BCUT2D eigenvalue weighted by molar-refractivity contribution is -0.870. The van der Waals surface area contributed by atoms with Gasteiger partial charge >= 0.3 is 0 Å². The number of allylic oxidation sites excluding steroid dienone is 2. The van der Waals surface area contributed by atoms with Crippen LogP contribution in [-0.4, -0.2) is 58.1 Å². The first kappa shape index (κ1) is 59.1. The minimum atomic E-state index is -4.43. The summed E-state index contributed by atoms with van der Waals surface area (Å²) in [6.45, 7) is 5.27. The second-order valence-electron chi connectivity index (χ2n) is 19.0. The van der Waals surface area contributed by atoms with Crippen LogP contribution in [0.15, 0.2) is 24.7 Å². The Morgan fingerprint density at radius 2 is 0.767 bits per heavy atom. The van der Waals surface area contributed by atoms with Crippen LogP contribution in [0.4, 0.5) is 0 Å². The molecule has 2 atom stereocenters. The van der Waals surface area contributed by atoms with Crippen molar-refractivity contribution in [3.63, 3.8) is 0 Å². The van der Waals surface area contributed by atoms with Crippen LogP contribution in [0, 0.1) is 0 Å². The Morgan fingerprint density at radius 3 is 1.10 bits per heavy atom. The van der Waals surface area contributed by atoms with Crippen molar-refractivity contribution in [1.29, 1.82) is 0 Å². The fraction of sp³-hybridized carbons (Fsp3) is 0.923. The van der Waals surface area contributed by atoms with Crippen molar-refractivity contribution in [2.45, 2.75) is 264 Å². The first-order valence-corrected chi connectivity index (χ1v) is 27.6. The minimum Gasteiger partial charge on any atom is -0.756 e. The molecule has 0 fully saturated rings. The Hall–Kier alpha value is -0.850. The van der Waals surface area contributed by atoms with Crippen LogP contribution >= 0.6 is 7.82 Å². The van der Waals surface area contributed by atoms with Gasteiger partial charge in [-0.1, -0.05) is 232 Å². The summed E-state index contributed by atoms with van der Waals surface area (Å²) in [6.07, 6.45) is 58.4. The Kier molecular flexibility index (Phi) is 45.5. The molecule has 0 spiro atoms. The van der Waals surface area contributed by atoms with Crippen LogP contribution in [0.5, 0.6) is 0 Å². The van der Waals surface area contributed by atoms with Crippen LogP contribution in [-0.2, 0) is 23.1 Å². The maximum atomic E-state index is 12.4. The standard InChI is InChI=1S/C52H104NO6P/c1-6-8-10-12-14-16-18-20-22-24-26-28-30-32-34-36-38-40-42-44-47-56-50-52(51-59-60(54,55)58-49-46-53(3,4)5)57-48-45-43-41-39-37-35-33-31-29-27-25-23-21-19-17-15-13-11-9-7-2/h44-45,47-48,52H,6-43,46,49-51H2,1-5H3/t52-/m1/s1. The molecule has 0 aromatic heterocycles. The molecule has 0 saturated heterocycles.